The van der Waals surface area contributed by atoms with Crippen LogP contribution in [0.2, 0.25) is 0 Å². The highest BCUT2D eigenvalue weighted by Crippen LogP contribution is 2.48. The van der Waals surface area contributed by atoms with E-state index in [1.807, 2.05) is 0 Å². The lowest BCUT2D eigenvalue weighted by molar-refractivity contribution is -0.438. The average molecular weight is 850 g/mol. The van der Waals surface area contributed by atoms with Gasteiger partial charge in [-0.15, -0.1) is 0 Å². The van der Waals surface area contributed by atoms with E-state index >= 15 is 0 Å². The fourth-order valence-corrected chi connectivity index (χ4v) is 10.6. The van der Waals surface area contributed by atoms with Crippen molar-refractivity contribution in [3.05, 3.63) is 137 Å². The zero-order chi connectivity index (χ0) is 44.3. The van der Waals surface area contributed by atoms with Crippen LogP contribution >= 0.6 is 0 Å². The second-order valence-electron chi connectivity index (χ2n) is 20.0. The summed E-state index contributed by atoms with van der Waals surface area (Å²) in [5.74, 6) is 1.93. The van der Waals surface area contributed by atoms with Crippen molar-refractivity contribution in [2.45, 2.75) is 200 Å². The Morgan fingerprint density at radius 1 is 0.556 bits per heavy atom. The molecule has 0 saturated carbocycles. The van der Waals surface area contributed by atoms with Crippen LogP contribution in [0.4, 0.5) is 11.4 Å². The van der Waals surface area contributed by atoms with Gasteiger partial charge in [-0.25, -0.2) is 0 Å². The average Bonchev–Trinajstić information content (AvgIpc) is 3.64. The standard InChI is InChI=1S/C60H85N2O/c1-7-9-11-13-15-17-19-21-23-32-47-61-54-41-30-28-39-52(54)59(3,4)56(61)45-43-49-35-34-36-50(58(49)63-51-37-26-25-27-38-51)44-46-57-60(5,6)53-40-29-31-42-55(53)62(57)48-33-24-22-20-18-16-14-12-10-8-2/h25-31,37-46H,7-24,32-36,47-48H2,1-6H3/q+1. The molecular formula is C60H85N2O+. The Bertz CT molecular complexity index is 2020. The number of benzene rings is 3. The van der Waals surface area contributed by atoms with Gasteiger partial charge in [-0.05, 0) is 93.0 Å². The summed E-state index contributed by atoms with van der Waals surface area (Å²) in [5.41, 5.74) is 10.9. The van der Waals surface area contributed by atoms with E-state index in [0.29, 0.717) is 0 Å². The van der Waals surface area contributed by atoms with Crippen LogP contribution in [0.1, 0.15) is 200 Å². The molecule has 0 aromatic heterocycles. The predicted molar refractivity (Wildman–Crippen MR) is 273 cm³/mol. The molecular weight excluding hydrogens is 765 g/mol. The largest absolute Gasteiger partial charge is 0.457 e. The van der Waals surface area contributed by atoms with E-state index in [1.54, 1.807) is 0 Å². The van der Waals surface area contributed by atoms with Gasteiger partial charge in [0.1, 0.15) is 18.1 Å². The molecule has 0 amide bonds. The van der Waals surface area contributed by atoms with Gasteiger partial charge in [0, 0.05) is 47.5 Å². The first-order valence-corrected chi connectivity index (χ1v) is 25.9. The summed E-state index contributed by atoms with van der Waals surface area (Å²) in [7, 11) is 0. The molecule has 2 heterocycles. The number of allylic oxidation sites excluding steroid dienone is 7. The fraction of sp³-hybridized carbons (Fsp3) is 0.550. The molecule has 340 valence electrons. The van der Waals surface area contributed by atoms with E-state index in [0.717, 1.165) is 43.9 Å². The van der Waals surface area contributed by atoms with Crippen LogP contribution in [0.3, 0.4) is 0 Å². The minimum atomic E-state index is -0.0783. The van der Waals surface area contributed by atoms with Crippen molar-refractivity contribution in [1.82, 2.24) is 0 Å². The highest BCUT2D eigenvalue weighted by atomic mass is 16.5. The number of rotatable bonds is 27. The number of hydrogen-bond acceptors (Lipinski definition) is 2. The first kappa shape index (κ1) is 48.3. The molecule has 6 rings (SSSR count). The maximum atomic E-state index is 6.96. The van der Waals surface area contributed by atoms with Crippen LogP contribution < -0.4 is 9.64 Å². The predicted octanol–water partition coefficient (Wildman–Crippen LogP) is 17.6. The van der Waals surface area contributed by atoms with Gasteiger partial charge in [0.25, 0.3) is 0 Å². The molecule has 0 N–H and O–H groups in total. The van der Waals surface area contributed by atoms with Gasteiger partial charge in [0.15, 0.2) is 5.71 Å². The number of ether oxygens (including phenoxy) is 1. The first-order chi connectivity index (χ1) is 30.8. The summed E-state index contributed by atoms with van der Waals surface area (Å²) in [6, 6.07) is 28.7. The van der Waals surface area contributed by atoms with Crippen molar-refractivity contribution in [1.29, 1.82) is 0 Å². The summed E-state index contributed by atoms with van der Waals surface area (Å²) in [5, 5.41) is 0. The van der Waals surface area contributed by atoms with Crippen LogP contribution in [0.25, 0.3) is 0 Å². The van der Waals surface area contributed by atoms with Gasteiger partial charge in [0.05, 0.1) is 5.41 Å². The monoisotopic (exact) mass is 850 g/mol. The number of nitrogens with zero attached hydrogens (tertiary/aromatic N) is 2. The summed E-state index contributed by atoms with van der Waals surface area (Å²) in [6.07, 6.45) is 40.0. The van der Waals surface area contributed by atoms with Crippen molar-refractivity contribution in [3.8, 4) is 5.75 Å². The summed E-state index contributed by atoms with van der Waals surface area (Å²) < 4.78 is 9.61. The highest BCUT2D eigenvalue weighted by Gasteiger charge is 2.44. The number of unbranched alkanes of at least 4 members (excludes halogenated alkanes) is 18. The van der Waals surface area contributed by atoms with Gasteiger partial charge >= 0.3 is 0 Å². The van der Waals surface area contributed by atoms with Crippen molar-refractivity contribution < 1.29 is 9.31 Å². The van der Waals surface area contributed by atoms with Crippen molar-refractivity contribution in [3.63, 3.8) is 0 Å². The zero-order valence-electron chi connectivity index (χ0n) is 40.8. The lowest BCUT2D eigenvalue weighted by Gasteiger charge is -2.27. The van der Waals surface area contributed by atoms with Crippen LogP contribution in [0.5, 0.6) is 5.75 Å². The molecule has 3 aromatic carbocycles. The molecule has 0 unspecified atom stereocenters. The molecule has 3 aromatic rings. The van der Waals surface area contributed by atoms with E-state index in [4.69, 9.17) is 4.74 Å². The molecule has 0 fully saturated rings. The molecule has 0 radical (unpaired) electrons. The third-order valence-corrected chi connectivity index (χ3v) is 14.4. The van der Waals surface area contributed by atoms with Crippen LogP contribution in [-0.2, 0) is 10.8 Å². The smallest absolute Gasteiger partial charge is 0.209 e. The van der Waals surface area contributed by atoms with E-state index < -0.39 is 0 Å². The minimum absolute atomic E-state index is 0.0783. The number of fused-ring (bicyclic) bond motifs is 2. The van der Waals surface area contributed by atoms with Gasteiger partial charge in [-0.1, -0.05) is 198 Å². The Kier molecular flexibility index (Phi) is 19.0. The van der Waals surface area contributed by atoms with Crippen LogP contribution in [0, 0.1) is 0 Å². The Labute approximate surface area is 385 Å². The number of para-hydroxylation sites is 3. The third kappa shape index (κ3) is 13.0. The van der Waals surface area contributed by atoms with Gasteiger partial charge in [-0.3, -0.25) is 0 Å². The zero-order valence-corrected chi connectivity index (χ0v) is 40.8. The topological polar surface area (TPSA) is 15.5 Å². The Morgan fingerprint density at radius 3 is 1.76 bits per heavy atom. The van der Waals surface area contributed by atoms with Gasteiger partial charge in [-0.2, -0.15) is 4.58 Å². The Morgan fingerprint density at radius 2 is 1.11 bits per heavy atom. The number of anilines is 1. The normalized spacial score (nSPS) is 18.0. The summed E-state index contributed by atoms with van der Waals surface area (Å²) in [4.78, 5) is 2.64. The Balaban J connectivity index is 1.24. The molecule has 1 aliphatic carbocycles. The summed E-state index contributed by atoms with van der Waals surface area (Å²) >= 11 is 0. The first-order valence-electron chi connectivity index (χ1n) is 25.9. The molecule has 0 bridgehead atoms. The van der Waals surface area contributed by atoms with E-state index in [1.165, 1.54) is 173 Å². The van der Waals surface area contributed by atoms with Crippen molar-refractivity contribution in [2.24, 2.45) is 0 Å². The third-order valence-electron chi connectivity index (χ3n) is 14.4. The SMILES string of the molecule is CCCCCCCCCCCCN1C(=CC=C2CCCC(C=CC3=[N+](CCCCCCCCCCCC)c4ccccc4C3(C)C)=C2Oc2ccccc2)C(C)(C)c2ccccc21. The lowest BCUT2D eigenvalue weighted by Crippen LogP contribution is -2.28. The molecule has 3 heteroatoms. The van der Waals surface area contributed by atoms with Gasteiger partial charge < -0.3 is 9.64 Å². The van der Waals surface area contributed by atoms with E-state index in [2.05, 4.69) is 154 Å². The molecule has 63 heavy (non-hydrogen) atoms. The van der Waals surface area contributed by atoms with E-state index in [-0.39, 0.29) is 10.8 Å². The number of hydrogen-bond donors (Lipinski definition) is 0. The molecule has 3 nitrogen and oxygen atoms in total. The van der Waals surface area contributed by atoms with Crippen molar-refractivity contribution >= 4 is 17.1 Å². The van der Waals surface area contributed by atoms with E-state index in [9.17, 15) is 0 Å². The van der Waals surface area contributed by atoms with Crippen LogP contribution in [-0.4, -0.2) is 23.4 Å². The van der Waals surface area contributed by atoms with Crippen LogP contribution in [0.15, 0.2) is 126 Å². The maximum absolute atomic E-state index is 6.96. The van der Waals surface area contributed by atoms with Gasteiger partial charge in [0.2, 0.25) is 5.69 Å². The molecule has 0 spiro atoms. The molecule has 0 atom stereocenters. The molecule has 2 aliphatic heterocycles. The fourth-order valence-electron chi connectivity index (χ4n) is 10.6. The maximum Gasteiger partial charge on any atom is 0.209 e. The lowest BCUT2D eigenvalue weighted by atomic mass is 9.81. The Hall–Kier alpha value is -4.11. The summed E-state index contributed by atoms with van der Waals surface area (Å²) in [6.45, 7) is 16.4. The highest BCUT2D eigenvalue weighted by molar-refractivity contribution is 6.03. The van der Waals surface area contributed by atoms with Crippen molar-refractivity contribution in [2.75, 3.05) is 18.0 Å². The second-order valence-corrected chi connectivity index (χ2v) is 20.0. The molecule has 3 aliphatic rings. The quantitative estimate of drug-likeness (QED) is 0.0561. The molecule has 0 saturated heterocycles. The second kappa shape index (κ2) is 24.8. The minimum Gasteiger partial charge on any atom is -0.457 e.